The van der Waals surface area contributed by atoms with Crippen molar-refractivity contribution in [3.05, 3.63) is 89.7 Å². The first-order chi connectivity index (χ1) is 19.5. The molecule has 0 fully saturated rings. The second kappa shape index (κ2) is 10.5. The summed E-state index contributed by atoms with van der Waals surface area (Å²) in [7, 11) is 0. The molecule has 2 aromatic heterocycles. The molecule has 0 aliphatic carbocycles. The van der Waals surface area contributed by atoms with Crippen molar-refractivity contribution in [1.82, 2.24) is 9.97 Å². The second-order valence-electron chi connectivity index (χ2n) is 9.54. The molecule has 0 bridgehead atoms. The van der Waals surface area contributed by atoms with E-state index in [1.165, 1.54) is 6.20 Å². The lowest BCUT2D eigenvalue weighted by molar-refractivity contribution is 0.0983. The Kier molecular flexibility index (Phi) is 6.75. The molecule has 5 aromatic rings. The number of phenols is 1. The molecule has 0 spiro atoms. The second-order valence-corrected chi connectivity index (χ2v) is 9.85. The molecule has 9 nitrogen and oxygen atoms in total. The number of aliphatic hydroxyl groups is 1. The fraction of sp³-hybridized carbons (Fsp3) is 0.167. The van der Waals surface area contributed by atoms with Gasteiger partial charge in [-0.15, -0.1) is 11.6 Å². The maximum Gasteiger partial charge on any atom is 0.274 e. The zero-order chi connectivity index (χ0) is 27.8. The molecule has 0 saturated heterocycles. The minimum absolute atomic E-state index is 0.0780. The molecule has 2 amide bonds. The van der Waals surface area contributed by atoms with Crippen molar-refractivity contribution < 1.29 is 24.5 Å². The average molecular weight is 557 g/mol. The van der Waals surface area contributed by atoms with E-state index in [4.69, 9.17) is 21.4 Å². The minimum Gasteiger partial charge on any atom is -0.507 e. The number of hydrogen-bond acceptors (Lipinski definition) is 6. The fourth-order valence-electron chi connectivity index (χ4n) is 5.16. The van der Waals surface area contributed by atoms with E-state index in [0.29, 0.717) is 51.8 Å². The number of phenolic OH excluding ortho intramolecular Hbond substituents is 1. The van der Waals surface area contributed by atoms with Gasteiger partial charge in [0.25, 0.3) is 11.8 Å². The first kappa shape index (κ1) is 25.7. The van der Waals surface area contributed by atoms with Crippen molar-refractivity contribution in [3.8, 4) is 11.5 Å². The minimum atomic E-state index is -0.325. The maximum atomic E-state index is 13.7. The summed E-state index contributed by atoms with van der Waals surface area (Å²) in [5.74, 6) is 0.324. The highest BCUT2D eigenvalue weighted by Crippen LogP contribution is 2.45. The molecule has 202 valence electrons. The highest BCUT2D eigenvalue weighted by atomic mass is 35.5. The van der Waals surface area contributed by atoms with Gasteiger partial charge in [0.15, 0.2) is 0 Å². The number of aromatic amines is 1. The number of benzene rings is 3. The number of hydrogen-bond donors (Lipinski definition) is 4. The molecule has 0 saturated carbocycles. The Hall–Kier alpha value is -4.60. The average Bonchev–Trinajstić information content (AvgIpc) is 3.57. The monoisotopic (exact) mass is 556 g/mol. The number of carbonyl (C=O) groups excluding carboxylic acids is 2. The van der Waals surface area contributed by atoms with Gasteiger partial charge in [0.1, 0.15) is 29.4 Å². The van der Waals surface area contributed by atoms with Crippen molar-refractivity contribution in [2.75, 3.05) is 35.9 Å². The van der Waals surface area contributed by atoms with E-state index in [1.54, 1.807) is 47.4 Å². The molecule has 1 aliphatic rings. The number of H-pyrrole nitrogens is 1. The molecule has 1 atom stereocenters. The number of carbonyl (C=O) groups is 2. The molecule has 0 unspecified atom stereocenters. The maximum absolute atomic E-state index is 13.7. The van der Waals surface area contributed by atoms with Crippen LogP contribution in [0.4, 0.5) is 11.4 Å². The smallest absolute Gasteiger partial charge is 0.274 e. The van der Waals surface area contributed by atoms with E-state index in [1.807, 2.05) is 24.3 Å². The van der Waals surface area contributed by atoms with Gasteiger partial charge in [-0.3, -0.25) is 9.59 Å². The molecule has 10 heteroatoms. The van der Waals surface area contributed by atoms with Crippen LogP contribution in [-0.2, 0) is 0 Å². The summed E-state index contributed by atoms with van der Waals surface area (Å²) in [6.45, 7) is 0.471. The Morgan fingerprint density at radius 2 is 1.88 bits per heavy atom. The van der Waals surface area contributed by atoms with Crippen LogP contribution in [0.2, 0.25) is 0 Å². The number of nitrogens with zero attached hydrogens (tertiary/aromatic N) is 2. The Morgan fingerprint density at radius 3 is 2.62 bits per heavy atom. The van der Waals surface area contributed by atoms with Gasteiger partial charge in [-0.05, 0) is 47.3 Å². The Bertz CT molecular complexity index is 1750. The zero-order valence-corrected chi connectivity index (χ0v) is 22.0. The lowest BCUT2D eigenvalue weighted by Gasteiger charge is -2.17. The van der Waals surface area contributed by atoms with Crippen LogP contribution in [0.3, 0.4) is 0 Å². The number of halogens is 1. The summed E-state index contributed by atoms with van der Waals surface area (Å²) < 4.78 is 5.33. The summed E-state index contributed by atoms with van der Waals surface area (Å²) >= 11 is 6.32. The van der Waals surface area contributed by atoms with Gasteiger partial charge in [0.05, 0.1) is 24.2 Å². The fourth-order valence-corrected chi connectivity index (χ4v) is 5.41. The number of nitrogens with one attached hydrogen (secondary N) is 2. The van der Waals surface area contributed by atoms with Crippen molar-refractivity contribution in [3.63, 3.8) is 0 Å². The first-order valence-electron chi connectivity index (χ1n) is 12.7. The number of aliphatic hydroxyl groups excluding tert-OH is 1. The van der Waals surface area contributed by atoms with Gasteiger partial charge in [-0.25, -0.2) is 4.98 Å². The van der Waals surface area contributed by atoms with Crippen LogP contribution in [0.1, 0.15) is 32.3 Å². The third-order valence-electron chi connectivity index (χ3n) is 7.01. The number of anilines is 2. The van der Waals surface area contributed by atoms with E-state index in [2.05, 4.69) is 15.3 Å². The number of ether oxygens (including phenoxy) is 1. The van der Waals surface area contributed by atoms with Gasteiger partial charge >= 0.3 is 0 Å². The van der Waals surface area contributed by atoms with Crippen LogP contribution in [0.15, 0.2) is 72.9 Å². The Balaban J connectivity index is 1.24. The first-order valence-corrected chi connectivity index (χ1v) is 13.3. The van der Waals surface area contributed by atoms with Gasteiger partial charge < -0.3 is 30.2 Å². The predicted octanol–water partition coefficient (Wildman–Crippen LogP) is 5.03. The lowest BCUT2D eigenvalue weighted by Crippen LogP contribution is -2.30. The number of aromatic hydroxyl groups is 1. The van der Waals surface area contributed by atoms with E-state index in [0.717, 1.165) is 16.3 Å². The van der Waals surface area contributed by atoms with Crippen molar-refractivity contribution in [2.45, 2.75) is 5.92 Å². The van der Waals surface area contributed by atoms with Crippen molar-refractivity contribution >= 4 is 56.6 Å². The number of aromatic nitrogens is 2. The number of pyridine rings is 1. The molecular formula is C30H25ClN4O5. The predicted molar refractivity (Wildman–Crippen MR) is 154 cm³/mol. The number of fused-ring (bicyclic) bond motifs is 4. The normalized spacial score (nSPS) is 14.4. The standard InChI is InChI=1S/C30H25ClN4O5/c31-14-19-16-35(25-13-26(37)22-3-1-2-4-23(22)27(19)25)30(39)24-12-18-11-20(15-32-28(18)34-24)33-29(38)17-5-7-21(8-6-17)40-10-9-36/h1-8,11-13,15,19,36-37H,9-10,14,16H2,(H,32,34)(H,33,38)/t19-/m1/s1. The summed E-state index contributed by atoms with van der Waals surface area (Å²) in [6, 6.07) is 19.2. The number of alkyl halides is 1. The van der Waals surface area contributed by atoms with Gasteiger partial charge in [-0.1, -0.05) is 24.3 Å². The third-order valence-corrected chi connectivity index (χ3v) is 7.38. The molecule has 1 aliphatic heterocycles. The number of amides is 2. The molecule has 40 heavy (non-hydrogen) atoms. The quantitative estimate of drug-likeness (QED) is 0.208. The summed E-state index contributed by atoms with van der Waals surface area (Å²) in [5.41, 5.74) is 3.32. The van der Waals surface area contributed by atoms with Crippen LogP contribution in [0.25, 0.3) is 21.8 Å². The summed E-state index contributed by atoms with van der Waals surface area (Å²) in [4.78, 5) is 35.5. The van der Waals surface area contributed by atoms with Crippen LogP contribution >= 0.6 is 11.6 Å². The zero-order valence-electron chi connectivity index (χ0n) is 21.2. The third kappa shape index (κ3) is 4.59. The molecule has 3 aromatic carbocycles. The molecule has 3 heterocycles. The molecular weight excluding hydrogens is 532 g/mol. The lowest BCUT2D eigenvalue weighted by atomic mass is 9.95. The van der Waals surface area contributed by atoms with E-state index < -0.39 is 0 Å². The molecule has 0 radical (unpaired) electrons. The summed E-state index contributed by atoms with van der Waals surface area (Å²) in [5, 5.41) is 24.6. The SMILES string of the molecule is O=C(Nc1cnc2[nH]c(C(=O)N3C[C@@H](CCl)c4c3cc(O)c3ccccc43)cc2c1)c1ccc(OCCO)cc1. The molecule has 6 rings (SSSR count). The Labute approximate surface area is 234 Å². The topological polar surface area (TPSA) is 128 Å². The van der Waals surface area contributed by atoms with E-state index in [-0.39, 0.29) is 36.7 Å². The van der Waals surface area contributed by atoms with Crippen LogP contribution in [0.5, 0.6) is 11.5 Å². The van der Waals surface area contributed by atoms with E-state index in [9.17, 15) is 14.7 Å². The highest BCUT2D eigenvalue weighted by molar-refractivity contribution is 6.19. The van der Waals surface area contributed by atoms with Gasteiger partial charge in [0, 0.05) is 40.7 Å². The van der Waals surface area contributed by atoms with Crippen LogP contribution in [-0.4, -0.2) is 57.6 Å². The van der Waals surface area contributed by atoms with Crippen LogP contribution in [0, 0.1) is 0 Å². The van der Waals surface area contributed by atoms with E-state index >= 15 is 0 Å². The highest BCUT2D eigenvalue weighted by Gasteiger charge is 2.35. The molecule has 4 N–H and O–H groups in total. The van der Waals surface area contributed by atoms with Gasteiger partial charge in [0.2, 0.25) is 0 Å². The van der Waals surface area contributed by atoms with Gasteiger partial charge in [-0.2, -0.15) is 0 Å². The Morgan fingerprint density at radius 1 is 1.10 bits per heavy atom. The largest absolute Gasteiger partial charge is 0.507 e. The number of rotatable bonds is 7. The van der Waals surface area contributed by atoms with Crippen molar-refractivity contribution in [1.29, 1.82) is 0 Å². The van der Waals surface area contributed by atoms with Crippen molar-refractivity contribution in [2.24, 2.45) is 0 Å². The van der Waals surface area contributed by atoms with Crippen LogP contribution < -0.4 is 15.0 Å². The summed E-state index contributed by atoms with van der Waals surface area (Å²) in [6.07, 6.45) is 1.52.